The molecule has 0 aliphatic heterocycles. The molecule has 0 spiro atoms. The van der Waals surface area contributed by atoms with Crippen molar-refractivity contribution in [3.8, 4) is 11.8 Å². The van der Waals surface area contributed by atoms with E-state index in [1.54, 1.807) is 0 Å². The summed E-state index contributed by atoms with van der Waals surface area (Å²) in [4.78, 5) is 4.05. The molecule has 0 radical (unpaired) electrons. The van der Waals surface area contributed by atoms with Gasteiger partial charge in [-0.3, -0.25) is 4.98 Å². The van der Waals surface area contributed by atoms with Gasteiger partial charge in [-0.05, 0) is 25.3 Å². The minimum atomic E-state index is -3.56. The molecular formula is C15H20N2O3S. The highest BCUT2D eigenvalue weighted by Gasteiger charge is 2.26. The SMILES string of the molecule is CC(CC1CC1)NS(=O)(=O)c1cncc(C#CCCO)c1. The number of hydrogen-bond acceptors (Lipinski definition) is 4. The zero-order valence-corrected chi connectivity index (χ0v) is 12.9. The summed E-state index contributed by atoms with van der Waals surface area (Å²) in [5.41, 5.74) is 0.529. The van der Waals surface area contributed by atoms with Gasteiger partial charge in [-0.2, -0.15) is 0 Å². The van der Waals surface area contributed by atoms with Crippen LogP contribution in [-0.2, 0) is 10.0 Å². The molecule has 2 rings (SSSR count). The van der Waals surface area contributed by atoms with Crippen LogP contribution in [0.15, 0.2) is 23.4 Å². The summed E-state index contributed by atoms with van der Waals surface area (Å²) in [7, 11) is -3.56. The summed E-state index contributed by atoms with van der Waals surface area (Å²) in [6.45, 7) is 1.87. The Balaban J connectivity index is 2.08. The molecule has 114 valence electrons. The molecule has 1 aromatic rings. The van der Waals surface area contributed by atoms with E-state index in [1.165, 1.54) is 31.3 Å². The lowest BCUT2D eigenvalue weighted by Crippen LogP contribution is -2.33. The van der Waals surface area contributed by atoms with Crippen molar-refractivity contribution < 1.29 is 13.5 Å². The molecule has 1 aliphatic carbocycles. The fourth-order valence-electron chi connectivity index (χ4n) is 2.09. The summed E-state index contributed by atoms with van der Waals surface area (Å²) < 4.78 is 27.3. The first kappa shape index (κ1) is 16.0. The Morgan fingerprint density at radius 3 is 2.90 bits per heavy atom. The predicted molar refractivity (Wildman–Crippen MR) is 79.9 cm³/mol. The third-order valence-corrected chi connectivity index (χ3v) is 4.79. The van der Waals surface area contributed by atoms with Crippen molar-refractivity contribution in [2.75, 3.05) is 6.61 Å². The normalized spacial score (nSPS) is 16.1. The van der Waals surface area contributed by atoms with Crippen LogP contribution in [0, 0.1) is 17.8 Å². The second-order valence-electron chi connectivity index (χ2n) is 5.39. The van der Waals surface area contributed by atoms with Gasteiger partial charge in [0.25, 0.3) is 0 Å². The van der Waals surface area contributed by atoms with E-state index >= 15 is 0 Å². The smallest absolute Gasteiger partial charge is 0.242 e. The van der Waals surface area contributed by atoms with Gasteiger partial charge in [-0.15, -0.1) is 0 Å². The number of aliphatic hydroxyl groups excluding tert-OH is 1. The quantitative estimate of drug-likeness (QED) is 0.776. The Morgan fingerprint density at radius 1 is 1.48 bits per heavy atom. The molecule has 1 unspecified atom stereocenters. The number of aliphatic hydroxyl groups is 1. The van der Waals surface area contributed by atoms with Gasteiger partial charge in [0.1, 0.15) is 4.90 Å². The molecule has 1 fully saturated rings. The van der Waals surface area contributed by atoms with E-state index in [0.29, 0.717) is 17.9 Å². The van der Waals surface area contributed by atoms with Gasteiger partial charge < -0.3 is 5.11 Å². The van der Waals surface area contributed by atoms with Crippen molar-refractivity contribution >= 4 is 10.0 Å². The molecular weight excluding hydrogens is 288 g/mol. The van der Waals surface area contributed by atoms with Crippen molar-refractivity contribution in [3.05, 3.63) is 24.0 Å². The highest BCUT2D eigenvalue weighted by molar-refractivity contribution is 7.89. The molecule has 0 amide bonds. The van der Waals surface area contributed by atoms with E-state index in [9.17, 15) is 8.42 Å². The zero-order chi connectivity index (χ0) is 15.3. The molecule has 0 saturated heterocycles. The lowest BCUT2D eigenvalue weighted by Gasteiger charge is -2.13. The van der Waals surface area contributed by atoms with E-state index in [2.05, 4.69) is 21.5 Å². The van der Waals surface area contributed by atoms with Crippen LogP contribution in [0.5, 0.6) is 0 Å². The Kier molecular flexibility index (Phi) is 5.34. The molecule has 5 nitrogen and oxygen atoms in total. The van der Waals surface area contributed by atoms with E-state index in [0.717, 1.165) is 6.42 Å². The van der Waals surface area contributed by atoms with E-state index in [-0.39, 0.29) is 17.5 Å². The van der Waals surface area contributed by atoms with Crippen LogP contribution in [0.3, 0.4) is 0 Å². The second-order valence-corrected chi connectivity index (χ2v) is 7.10. The largest absolute Gasteiger partial charge is 0.395 e. The van der Waals surface area contributed by atoms with Crippen LogP contribution in [0.1, 0.15) is 38.2 Å². The van der Waals surface area contributed by atoms with Gasteiger partial charge in [-0.25, -0.2) is 13.1 Å². The number of hydrogen-bond donors (Lipinski definition) is 2. The summed E-state index contributed by atoms with van der Waals surface area (Å²) in [6.07, 6.45) is 6.46. The third kappa shape index (κ3) is 5.12. The van der Waals surface area contributed by atoms with Gasteiger partial charge in [0, 0.05) is 30.4 Å². The Labute approximate surface area is 125 Å². The average molecular weight is 308 g/mol. The molecule has 1 aliphatic rings. The fourth-order valence-corrected chi connectivity index (χ4v) is 3.33. The summed E-state index contributed by atoms with van der Waals surface area (Å²) in [5.74, 6) is 6.20. The summed E-state index contributed by atoms with van der Waals surface area (Å²) in [5, 5.41) is 8.68. The summed E-state index contributed by atoms with van der Waals surface area (Å²) >= 11 is 0. The van der Waals surface area contributed by atoms with E-state index in [4.69, 9.17) is 5.11 Å². The number of pyridine rings is 1. The Bertz CT molecular complexity index is 642. The van der Waals surface area contributed by atoms with Crippen molar-refractivity contribution in [2.45, 2.75) is 43.5 Å². The molecule has 0 aromatic carbocycles. The van der Waals surface area contributed by atoms with Crippen molar-refractivity contribution in [2.24, 2.45) is 5.92 Å². The Hall–Kier alpha value is -1.42. The van der Waals surface area contributed by atoms with E-state index in [1.807, 2.05) is 6.92 Å². The monoisotopic (exact) mass is 308 g/mol. The average Bonchev–Trinajstić information content (AvgIpc) is 3.22. The predicted octanol–water partition coefficient (Wildman–Crippen LogP) is 1.28. The topological polar surface area (TPSA) is 79.3 Å². The van der Waals surface area contributed by atoms with Crippen molar-refractivity contribution in [1.29, 1.82) is 0 Å². The molecule has 0 bridgehead atoms. The lowest BCUT2D eigenvalue weighted by molar-refractivity contribution is 0.305. The number of nitrogens with one attached hydrogen (secondary N) is 1. The van der Waals surface area contributed by atoms with Crippen LogP contribution in [0.4, 0.5) is 0 Å². The first-order valence-electron chi connectivity index (χ1n) is 7.08. The molecule has 1 aromatic heterocycles. The van der Waals surface area contributed by atoms with Gasteiger partial charge in [-0.1, -0.05) is 24.7 Å². The second kappa shape index (κ2) is 7.03. The highest BCUT2D eigenvalue weighted by atomic mass is 32.2. The standard InChI is InChI=1S/C15H20N2O3S/c1-12(8-13-5-6-13)17-21(19,20)15-9-14(10-16-11-15)4-2-3-7-18/h9-13,17-18H,3,5-8H2,1H3. The number of aromatic nitrogens is 1. The lowest BCUT2D eigenvalue weighted by atomic mass is 10.2. The zero-order valence-electron chi connectivity index (χ0n) is 12.0. The third-order valence-electron chi connectivity index (χ3n) is 3.23. The minimum absolute atomic E-state index is 0.0152. The molecule has 1 heterocycles. The molecule has 2 N–H and O–H groups in total. The Morgan fingerprint density at radius 2 is 2.24 bits per heavy atom. The van der Waals surface area contributed by atoms with Crippen LogP contribution >= 0.6 is 0 Å². The molecule has 6 heteroatoms. The summed E-state index contributed by atoms with van der Waals surface area (Å²) in [6, 6.07) is 1.43. The molecule has 21 heavy (non-hydrogen) atoms. The number of nitrogens with zero attached hydrogens (tertiary/aromatic N) is 1. The minimum Gasteiger partial charge on any atom is -0.395 e. The fraction of sp³-hybridized carbons (Fsp3) is 0.533. The van der Waals surface area contributed by atoms with Crippen LogP contribution < -0.4 is 4.72 Å². The van der Waals surface area contributed by atoms with Crippen molar-refractivity contribution in [1.82, 2.24) is 9.71 Å². The van der Waals surface area contributed by atoms with Crippen LogP contribution in [0.25, 0.3) is 0 Å². The molecule has 1 atom stereocenters. The first-order valence-corrected chi connectivity index (χ1v) is 8.56. The maximum atomic E-state index is 12.3. The van der Waals surface area contributed by atoms with Gasteiger partial charge in [0.05, 0.1) is 6.61 Å². The van der Waals surface area contributed by atoms with Crippen LogP contribution in [0.2, 0.25) is 0 Å². The van der Waals surface area contributed by atoms with Gasteiger partial charge in [0.2, 0.25) is 10.0 Å². The van der Waals surface area contributed by atoms with Crippen LogP contribution in [-0.4, -0.2) is 31.2 Å². The van der Waals surface area contributed by atoms with Crippen molar-refractivity contribution in [3.63, 3.8) is 0 Å². The van der Waals surface area contributed by atoms with E-state index < -0.39 is 10.0 Å². The van der Waals surface area contributed by atoms with Gasteiger partial charge in [0.15, 0.2) is 0 Å². The molecule has 1 saturated carbocycles. The number of rotatable bonds is 6. The first-order chi connectivity index (χ1) is 10.0. The highest BCUT2D eigenvalue weighted by Crippen LogP contribution is 2.33. The number of sulfonamides is 1. The maximum Gasteiger partial charge on any atom is 0.242 e. The maximum absolute atomic E-state index is 12.3. The van der Waals surface area contributed by atoms with Gasteiger partial charge >= 0.3 is 0 Å².